The van der Waals surface area contributed by atoms with E-state index < -0.39 is 11.6 Å². The van der Waals surface area contributed by atoms with Crippen molar-refractivity contribution in [2.75, 3.05) is 5.32 Å². The first-order chi connectivity index (χ1) is 11.1. The van der Waals surface area contributed by atoms with Crippen LogP contribution in [-0.4, -0.2) is 4.98 Å². The van der Waals surface area contributed by atoms with E-state index in [1.165, 1.54) is 18.2 Å². The van der Waals surface area contributed by atoms with Crippen molar-refractivity contribution in [1.82, 2.24) is 4.98 Å². The fourth-order valence-corrected chi connectivity index (χ4v) is 2.50. The van der Waals surface area contributed by atoms with E-state index >= 15 is 0 Å². The van der Waals surface area contributed by atoms with Crippen LogP contribution in [0.15, 0.2) is 42.5 Å². The van der Waals surface area contributed by atoms with Crippen LogP contribution in [0.4, 0.5) is 14.5 Å². The summed E-state index contributed by atoms with van der Waals surface area (Å²) in [5.74, 6) is -1.18. The van der Waals surface area contributed by atoms with Gasteiger partial charge in [0.1, 0.15) is 17.7 Å². The number of fused-ring (bicyclic) bond motifs is 1. The minimum absolute atomic E-state index is 0.00778. The molecule has 0 aliphatic heterocycles. The molecular weight excluding hydrogens is 296 g/mol. The molecule has 1 heterocycles. The van der Waals surface area contributed by atoms with Gasteiger partial charge < -0.3 is 5.32 Å². The average molecular weight is 309 g/mol. The number of halogens is 2. The van der Waals surface area contributed by atoms with Crippen molar-refractivity contribution in [2.45, 2.75) is 13.5 Å². The number of pyridine rings is 1. The van der Waals surface area contributed by atoms with Gasteiger partial charge in [0.25, 0.3) is 0 Å². The van der Waals surface area contributed by atoms with Crippen LogP contribution in [0.3, 0.4) is 0 Å². The molecule has 1 N–H and O–H groups in total. The lowest BCUT2D eigenvalue weighted by atomic mass is 10.1. The molecule has 0 aliphatic carbocycles. The summed E-state index contributed by atoms with van der Waals surface area (Å²) in [5.41, 5.74) is 2.42. The number of rotatable bonds is 3. The lowest BCUT2D eigenvalue weighted by Gasteiger charge is -2.12. The van der Waals surface area contributed by atoms with E-state index in [1.807, 2.05) is 13.0 Å². The molecule has 0 amide bonds. The maximum Gasteiger partial charge on any atom is 0.131 e. The second-order valence-corrected chi connectivity index (χ2v) is 5.18. The summed E-state index contributed by atoms with van der Waals surface area (Å²) >= 11 is 0. The molecule has 0 fully saturated rings. The molecule has 0 unspecified atom stereocenters. The molecule has 1 aromatic heterocycles. The Morgan fingerprint density at radius 3 is 2.52 bits per heavy atom. The van der Waals surface area contributed by atoms with Crippen LogP contribution in [0, 0.1) is 29.9 Å². The zero-order valence-electron chi connectivity index (χ0n) is 12.4. The highest BCUT2D eigenvalue weighted by Gasteiger charge is 2.11. The third-order valence-corrected chi connectivity index (χ3v) is 3.61. The van der Waals surface area contributed by atoms with Gasteiger partial charge in [-0.2, -0.15) is 5.26 Å². The van der Waals surface area contributed by atoms with E-state index in [2.05, 4.69) is 16.4 Å². The molecule has 0 atom stereocenters. The summed E-state index contributed by atoms with van der Waals surface area (Å²) in [7, 11) is 0. The quantitative estimate of drug-likeness (QED) is 0.784. The van der Waals surface area contributed by atoms with Crippen molar-refractivity contribution in [3.63, 3.8) is 0 Å². The molecule has 5 heteroatoms. The van der Waals surface area contributed by atoms with Gasteiger partial charge >= 0.3 is 0 Å². The van der Waals surface area contributed by atoms with Gasteiger partial charge in [-0.1, -0.05) is 18.2 Å². The van der Waals surface area contributed by atoms with Gasteiger partial charge in [0.2, 0.25) is 0 Å². The van der Waals surface area contributed by atoms with Crippen LogP contribution in [0.2, 0.25) is 0 Å². The second kappa shape index (κ2) is 6.01. The number of nitrogens with one attached hydrogen (secondary N) is 1. The SMILES string of the molecule is Cc1cc(NCc2c(F)cccc2F)c2cccc(C#N)c2n1. The molecule has 3 rings (SSSR count). The molecule has 114 valence electrons. The maximum atomic E-state index is 13.7. The highest BCUT2D eigenvalue weighted by molar-refractivity contribution is 5.94. The predicted molar refractivity (Wildman–Crippen MR) is 84.9 cm³/mol. The topological polar surface area (TPSA) is 48.7 Å². The minimum Gasteiger partial charge on any atom is -0.380 e. The van der Waals surface area contributed by atoms with E-state index in [-0.39, 0.29) is 12.1 Å². The smallest absolute Gasteiger partial charge is 0.131 e. The highest BCUT2D eigenvalue weighted by atomic mass is 19.1. The standard InChI is InChI=1S/C18H13F2N3/c1-11-8-17(13-5-2-4-12(9-21)18(13)23-11)22-10-14-15(19)6-3-7-16(14)20/h2-8H,10H2,1H3,(H,22,23). The molecule has 0 radical (unpaired) electrons. The number of hydrogen-bond donors (Lipinski definition) is 1. The van der Waals surface area contributed by atoms with E-state index in [1.54, 1.807) is 18.2 Å². The van der Waals surface area contributed by atoms with Crippen molar-refractivity contribution in [1.29, 1.82) is 5.26 Å². The van der Waals surface area contributed by atoms with Gasteiger partial charge in [0, 0.05) is 28.9 Å². The molecule has 0 saturated carbocycles. The average Bonchev–Trinajstić information content (AvgIpc) is 2.53. The first-order valence-electron chi connectivity index (χ1n) is 7.07. The number of para-hydroxylation sites is 1. The molecule has 3 aromatic rings. The second-order valence-electron chi connectivity index (χ2n) is 5.18. The number of aryl methyl sites for hydroxylation is 1. The van der Waals surface area contributed by atoms with Crippen molar-refractivity contribution >= 4 is 16.6 Å². The number of hydrogen-bond acceptors (Lipinski definition) is 3. The number of aromatic nitrogens is 1. The fourth-order valence-electron chi connectivity index (χ4n) is 2.50. The summed E-state index contributed by atoms with van der Waals surface area (Å²) in [4.78, 5) is 4.39. The molecule has 23 heavy (non-hydrogen) atoms. The zero-order valence-corrected chi connectivity index (χ0v) is 12.4. The number of benzene rings is 2. The van der Waals surface area contributed by atoms with Crippen LogP contribution in [0.1, 0.15) is 16.8 Å². The van der Waals surface area contributed by atoms with Crippen LogP contribution in [0.25, 0.3) is 10.9 Å². The zero-order chi connectivity index (χ0) is 16.4. The van der Waals surface area contributed by atoms with E-state index in [4.69, 9.17) is 0 Å². The summed E-state index contributed by atoms with van der Waals surface area (Å²) in [6.45, 7) is 1.82. The molecule has 0 saturated heterocycles. The Labute approximate surface area is 132 Å². The number of nitrogens with zero attached hydrogens (tertiary/aromatic N) is 2. The Kier molecular flexibility index (Phi) is 3.90. The third-order valence-electron chi connectivity index (χ3n) is 3.61. The molecule has 3 nitrogen and oxygen atoms in total. The van der Waals surface area contributed by atoms with Gasteiger partial charge in [-0.25, -0.2) is 8.78 Å². The third kappa shape index (κ3) is 2.84. The van der Waals surface area contributed by atoms with E-state index in [0.717, 1.165) is 11.1 Å². The van der Waals surface area contributed by atoms with Crippen LogP contribution < -0.4 is 5.32 Å². The van der Waals surface area contributed by atoms with E-state index in [0.29, 0.717) is 16.8 Å². The number of nitriles is 1. The Hall–Kier alpha value is -3.00. The fraction of sp³-hybridized carbons (Fsp3) is 0.111. The summed E-state index contributed by atoms with van der Waals surface area (Å²) in [6.07, 6.45) is 0. The Bertz CT molecular complexity index is 909. The first-order valence-corrected chi connectivity index (χ1v) is 7.07. The monoisotopic (exact) mass is 309 g/mol. The van der Waals surface area contributed by atoms with E-state index in [9.17, 15) is 14.0 Å². The molecule has 0 aliphatic rings. The van der Waals surface area contributed by atoms with Crippen molar-refractivity contribution < 1.29 is 8.78 Å². The van der Waals surface area contributed by atoms with Gasteiger partial charge in [0.05, 0.1) is 11.1 Å². The molecule has 0 spiro atoms. The largest absolute Gasteiger partial charge is 0.380 e. The minimum atomic E-state index is -0.592. The Morgan fingerprint density at radius 1 is 1.13 bits per heavy atom. The van der Waals surface area contributed by atoms with Gasteiger partial charge in [-0.15, -0.1) is 0 Å². The number of anilines is 1. The molecular formula is C18H13F2N3. The van der Waals surface area contributed by atoms with Gasteiger partial charge in [-0.3, -0.25) is 4.98 Å². The van der Waals surface area contributed by atoms with Crippen LogP contribution in [0.5, 0.6) is 0 Å². The summed E-state index contributed by atoms with van der Waals surface area (Å²) < 4.78 is 27.5. The molecule has 0 bridgehead atoms. The van der Waals surface area contributed by atoms with Crippen LogP contribution >= 0.6 is 0 Å². The lowest BCUT2D eigenvalue weighted by Crippen LogP contribution is -2.06. The Balaban J connectivity index is 2.02. The van der Waals surface area contributed by atoms with Crippen molar-refractivity contribution in [3.05, 3.63) is 70.9 Å². The van der Waals surface area contributed by atoms with Gasteiger partial charge in [-0.05, 0) is 31.2 Å². The summed E-state index contributed by atoms with van der Waals surface area (Å²) in [5, 5.41) is 13.0. The predicted octanol–water partition coefficient (Wildman–Crippen LogP) is 4.31. The Morgan fingerprint density at radius 2 is 1.83 bits per heavy atom. The lowest BCUT2D eigenvalue weighted by molar-refractivity contribution is 0.560. The first kappa shape index (κ1) is 14.9. The summed E-state index contributed by atoms with van der Waals surface area (Å²) in [6, 6.07) is 13.0. The normalized spacial score (nSPS) is 10.5. The van der Waals surface area contributed by atoms with Crippen molar-refractivity contribution in [2.24, 2.45) is 0 Å². The van der Waals surface area contributed by atoms with Crippen LogP contribution in [-0.2, 0) is 6.54 Å². The van der Waals surface area contributed by atoms with Gasteiger partial charge in [0.15, 0.2) is 0 Å². The molecule has 2 aromatic carbocycles. The highest BCUT2D eigenvalue weighted by Crippen LogP contribution is 2.26. The van der Waals surface area contributed by atoms with Crippen molar-refractivity contribution in [3.8, 4) is 6.07 Å². The maximum absolute atomic E-state index is 13.7.